The van der Waals surface area contributed by atoms with E-state index in [4.69, 9.17) is 0 Å². The minimum Gasteiger partial charge on any atom is -0.375 e. The maximum Gasteiger partial charge on any atom is 0.146 e. The molecule has 1 nitrogen and oxygen atoms in total. The van der Waals surface area contributed by atoms with Gasteiger partial charge in [0.15, 0.2) is 0 Å². The fraction of sp³-hybridized carbons (Fsp3) is 0.368. The number of fused-ring (bicyclic) bond motifs is 1. The molecular formula is C19H22FN. The fourth-order valence-corrected chi connectivity index (χ4v) is 3.24. The second-order valence-corrected chi connectivity index (χ2v) is 6.75. The summed E-state index contributed by atoms with van der Waals surface area (Å²) in [6.07, 6.45) is 2.20. The van der Waals surface area contributed by atoms with E-state index < -0.39 is 0 Å². The van der Waals surface area contributed by atoms with Crippen molar-refractivity contribution in [2.75, 3.05) is 5.32 Å². The molecule has 0 aliphatic heterocycles. The van der Waals surface area contributed by atoms with E-state index in [0.717, 1.165) is 18.4 Å². The van der Waals surface area contributed by atoms with Crippen LogP contribution in [0.3, 0.4) is 0 Å². The van der Waals surface area contributed by atoms with Gasteiger partial charge in [-0.2, -0.15) is 0 Å². The Kier molecular flexibility index (Phi) is 3.48. The highest BCUT2D eigenvalue weighted by molar-refractivity contribution is 5.51. The fourth-order valence-electron chi connectivity index (χ4n) is 3.24. The molecule has 1 unspecified atom stereocenters. The molecule has 3 rings (SSSR count). The molecule has 0 aromatic heterocycles. The number of rotatable bonds is 2. The molecule has 110 valence electrons. The highest BCUT2D eigenvalue weighted by Gasteiger charge is 2.36. The van der Waals surface area contributed by atoms with Crippen LogP contribution in [0.15, 0.2) is 42.5 Å². The third kappa shape index (κ3) is 2.67. The van der Waals surface area contributed by atoms with Crippen LogP contribution in [0.4, 0.5) is 10.1 Å². The molecule has 1 aliphatic rings. The van der Waals surface area contributed by atoms with E-state index in [9.17, 15) is 4.39 Å². The van der Waals surface area contributed by atoms with Gasteiger partial charge < -0.3 is 5.32 Å². The van der Waals surface area contributed by atoms with Crippen molar-refractivity contribution < 1.29 is 4.39 Å². The van der Waals surface area contributed by atoms with E-state index in [1.54, 1.807) is 12.1 Å². The number of benzene rings is 2. The van der Waals surface area contributed by atoms with E-state index in [1.807, 2.05) is 13.0 Å². The summed E-state index contributed by atoms with van der Waals surface area (Å²) in [5, 5.41) is 3.46. The van der Waals surface area contributed by atoms with Crippen LogP contribution in [-0.2, 0) is 6.42 Å². The summed E-state index contributed by atoms with van der Waals surface area (Å²) in [7, 11) is 0. The largest absolute Gasteiger partial charge is 0.375 e. The van der Waals surface area contributed by atoms with Crippen LogP contribution in [-0.4, -0.2) is 0 Å². The van der Waals surface area contributed by atoms with Crippen molar-refractivity contribution in [3.8, 4) is 0 Å². The Labute approximate surface area is 126 Å². The van der Waals surface area contributed by atoms with Crippen LogP contribution in [0.2, 0.25) is 0 Å². The lowest BCUT2D eigenvalue weighted by Gasteiger charge is -2.41. The average molecular weight is 283 g/mol. The molecule has 0 heterocycles. The Balaban J connectivity index is 2.01. The van der Waals surface area contributed by atoms with Crippen LogP contribution < -0.4 is 5.32 Å². The maximum atomic E-state index is 14.1. The summed E-state index contributed by atoms with van der Waals surface area (Å²) < 4.78 is 14.1. The number of nitrogens with one attached hydrogen (secondary N) is 1. The highest BCUT2D eigenvalue weighted by atomic mass is 19.1. The molecule has 0 saturated carbocycles. The van der Waals surface area contributed by atoms with E-state index in [-0.39, 0.29) is 17.3 Å². The first kappa shape index (κ1) is 14.1. The summed E-state index contributed by atoms with van der Waals surface area (Å²) in [4.78, 5) is 0. The zero-order valence-electron chi connectivity index (χ0n) is 12.9. The minimum atomic E-state index is -0.181. The van der Waals surface area contributed by atoms with Crippen molar-refractivity contribution in [3.63, 3.8) is 0 Å². The third-order valence-corrected chi connectivity index (χ3v) is 4.61. The Morgan fingerprint density at radius 3 is 2.71 bits per heavy atom. The summed E-state index contributed by atoms with van der Waals surface area (Å²) in [6.45, 7) is 6.51. The van der Waals surface area contributed by atoms with E-state index >= 15 is 0 Å². The SMILES string of the molecule is Cc1ccc(F)c(NC2c3ccccc3CCC2(C)C)c1. The molecule has 0 spiro atoms. The molecule has 0 fully saturated rings. The summed E-state index contributed by atoms with van der Waals surface area (Å²) in [6, 6.07) is 13.9. The van der Waals surface area contributed by atoms with Crippen molar-refractivity contribution in [1.82, 2.24) is 0 Å². The van der Waals surface area contributed by atoms with Gasteiger partial charge in [0.1, 0.15) is 5.82 Å². The minimum absolute atomic E-state index is 0.102. The zero-order chi connectivity index (χ0) is 15.0. The van der Waals surface area contributed by atoms with Crippen molar-refractivity contribution >= 4 is 5.69 Å². The Morgan fingerprint density at radius 2 is 1.90 bits per heavy atom. The lowest BCUT2D eigenvalue weighted by atomic mass is 9.70. The monoisotopic (exact) mass is 283 g/mol. The van der Waals surface area contributed by atoms with Gasteiger partial charge in [0, 0.05) is 0 Å². The molecule has 2 aromatic rings. The van der Waals surface area contributed by atoms with Crippen molar-refractivity contribution in [1.29, 1.82) is 0 Å². The van der Waals surface area contributed by atoms with Crippen LogP contribution in [0.1, 0.15) is 43.0 Å². The van der Waals surface area contributed by atoms with Crippen LogP contribution in [0, 0.1) is 18.2 Å². The zero-order valence-corrected chi connectivity index (χ0v) is 12.9. The molecular weight excluding hydrogens is 261 g/mol. The van der Waals surface area contributed by atoms with E-state index in [2.05, 4.69) is 43.4 Å². The molecule has 0 saturated heterocycles. The first-order valence-electron chi connectivity index (χ1n) is 7.58. The smallest absolute Gasteiger partial charge is 0.146 e. The second-order valence-electron chi connectivity index (χ2n) is 6.75. The van der Waals surface area contributed by atoms with Crippen LogP contribution >= 0.6 is 0 Å². The summed E-state index contributed by atoms with van der Waals surface area (Å²) in [5.41, 5.74) is 4.45. The molecule has 1 N–H and O–H groups in total. The highest BCUT2D eigenvalue weighted by Crippen LogP contribution is 2.45. The van der Waals surface area contributed by atoms with Gasteiger partial charge in [-0.15, -0.1) is 0 Å². The van der Waals surface area contributed by atoms with Gasteiger partial charge in [0.2, 0.25) is 0 Å². The van der Waals surface area contributed by atoms with Crippen LogP contribution in [0.25, 0.3) is 0 Å². The first-order chi connectivity index (χ1) is 9.97. The Morgan fingerprint density at radius 1 is 1.14 bits per heavy atom. The number of halogens is 1. The molecule has 2 heteroatoms. The normalized spacial score (nSPS) is 19.9. The van der Waals surface area contributed by atoms with Gasteiger partial charge in [-0.1, -0.05) is 44.2 Å². The van der Waals surface area contributed by atoms with E-state index in [1.165, 1.54) is 11.1 Å². The van der Waals surface area contributed by atoms with E-state index in [0.29, 0.717) is 5.69 Å². The molecule has 0 radical (unpaired) electrons. The lowest BCUT2D eigenvalue weighted by molar-refractivity contribution is 0.265. The third-order valence-electron chi connectivity index (χ3n) is 4.61. The molecule has 21 heavy (non-hydrogen) atoms. The van der Waals surface area contributed by atoms with Crippen molar-refractivity contribution in [2.45, 2.75) is 39.7 Å². The maximum absolute atomic E-state index is 14.1. The second kappa shape index (κ2) is 5.18. The van der Waals surface area contributed by atoms with Crippen molar-refractivity contribution in [3.05, 3.63) is 65.0 Å². The average Bonchev–Trinajstić information content (AvgIpc) is 2.46. The number of hydrogen-bond acceptors (Lipinski definition) is 1. The van der Waals surface area contributed by atoms with Gasteiger partial charge >= 0.3 is 0 Å². The van der Waals surface area contributed by atoms with Gasteiger partial charge in [0.05, 0.1) is 11.7 Å². The predicted molar refractivity (Wildman–Crippen MR) is 86.0 cm³/mol. The Bertz CT molecular complexity index is 660. The standard InChI is InChI=1S/C19H22FN/c1-13-8-9-16(20)17(12-13)21-18-15-7-5-4-6-14(15)10-11-19(18,2)3/h4-9,12,18,21H,10-11H2,1-3H3. The number of anilines is 1. The quantitative estimate of drug-likeness (QED) is 0.792. The van der Waals surface area contributed by atoms with Gasteiger partial charge in [-0.3, -0.25) is 0 Å². The van der Waals surface area contributed by atoms with Gasteiger partial charge in [-0.05, 0) is 54.0 Å². The van der Waals surface area contributed by atoms with Crippen LogP contribution in [0.5, 0.6) is 0 Å². The predicted octanol–water partition coefficient (Wildman–Crippen LogP) is 5.26. The topological polar surface area (TPSA) is 12.0 Å². The molecule has 1 aliphatic carbocycles. The molecule has 2 aromatic carbocycles. The Hall–Kier alpha value is -1.83. The van der Waals surface area contributed by atoms with Gasteiger partial charge in [-0.25, -0.2) is 4.39 Å². The molecule has 0 bridgehead atoms. The molecule has 1 atom stereocenters. The summed E-state index contributed by atoms with van der Waals surface area (Å²) in [5.74, 6) is -0.181. The first-order valence-corrected chi connectivity index (χ1v) is 7.58. The number of hydrogen-bond donors (Lipinski definition) is 1. The number of aryl methyl sites for hydroxylation is 2. The van der Waals surface area contributed by atoms with Gasteiger partial charge in [0.25, 0.3) is 0 Å². The molecule has 0 amide bonds. The lowest BCUT2D eigenvalue weighted by Crippen LogP contribution is -2.33. The van der Waals surface area contributed by atoms with Crippen molar-refractivity contribution in [2.24, 2.45) is 5.41 Å². The summed E-state index contributed by atoms with van der Waals surface area (Å²) >= 11 is 0.